The van der Waals surface area contributed by atoms with Crippen LogP contribution in [-0.4, -0.2) is 60.0 Å². The molecule has 0 aromatic heterocycles. The molecule has 2 aliphatic heterocycles. The van der Waals surface area contributed by atoms with Crippen LogP contribution < -0.4 is 10.1 Å². The van der Waals surface area contributed by atoms with Crippen LogP contribution in [0.2, 0.25) is 0 Å². The first kappa shape index (κ1) is 20.0. The lowest BCUT2D eigenvalue weighted by Crippen LogP contribution is -2.69. The van der Waals surface area contributed by atoms with E-state index in [4.69, 9.17) is 9.47 Å². The van der Waals surface area contributed by atoms with Crippen molar-refractivity contribution >= 4 is 5.91 Å². The van der Waals surface area contributed by atoms with Gasteiger partial charge >= 0.3 is 0 Å². The van der Waals surface area contributed by atoms with Crippen LogP contribution in [0.5, 0.6) is 5.75 Å². The van der Waals surface area contributed by atoms with Crippen molar-refractivity contribution in [3.63, 3.8) is 0 Å². The van der Waals surface area contributed by atoms with Gasteiger partial charge in [-0.25, -0.2) is 4.39 Å². The molecule has 1 aromatic rings. The van der Waals surface area contributed by atoms with Crippen LogP contribution in [0.15, 0.2) is 18.2 Å². The van der Waals surface area contributed by atoms with E-state index < -0.39 is 17.2 Å². The second kappa shape index (κ2) is 7.73. The van der Waals surface area contributed by atoms with Gasteiger partial charge < -0.3 is 19.9 Å². The average Bonchev–Trinajstić information content (AvgIpc) is 2.62. The molecule has 27 heavy (non-hydrogen) atoms. The topological polar surface area (TPSA) is 71.0 Å². The number of carbonyl (C=O) groups excluding carboxylic acids is 1. The number of hydrogen-bond donors (Lipinski definition) is 2. The van der Waals surface area contributed by atoms with Crippen LogP contribution in [0.25, 0.3) is 0 Å². The predicted molar refractivity (Wildman–Crippen MR) is 99.0 cm³/mol. The molecule has 2 N–H and O–H groups in total. The Kier molecular flexibility index (Phi) is 5.74. The van der Waals surface area contributed by atoms with Gasteiger partial charge in [0.15, 0.2) is 0 Å². The van der Waals surface area contributed by atoms with Gasteiger partial charge in [-0.3, -0.25) is 9.69 Å². The van der Waals surface area contributed by atoms with Crippen molar-refractivity contribution in [1.29, 1.82) is 0 Å². The first-order valence-corrected chi connectivity index (χ1v) is 9.43. The number of aliphatic hydroxyl groups is 1. The molecule has 6 nitrogen and oxygen atoms in total. The van der Waals surface area contributed by atoms with Gasteiger partial charge in [0.2, 0.25) is 5.91 Å². The Morgan fingerprint density at radius 1 is 1.41 bits per heavy atom. The van der Waals surface area contributed by atoms with Gasteiger partial charge in [-0.15, -0.1) is 0 Å². The third-order valence-corrected chi connectivity index (χ3v) is 5.93. The molecule has 0 bridgehead atoms. The maximum Gasteiger partial charge on any atom is 0.217 e. The molecule has 3 rings (SSSR count). The van der Waals surface area contributed by atoms with E-state index in [-0.39, 0.29) is 11.7 Å². The zero-order valence-corrected chi connectivity index (χ0v) is 16.3. The molecule has 2 atom stereocenters. The van der Waals surface area contributed by atoms with Crippen LogP contribution in [0.4, 0.5) is 4.39 Å². The minimum Gasteiger partial charge on any atom is -0.497 e. The molecule has 0 aliphatic carbocycles. The second-order valence-corrected chi connectivity index (χ2v) is 7.90. The Morgan fingerprint density at radius 3 is 2.70 bits per heavy atom. The van der Waals surface area contributed by atoms with Gasteiger partial charge in [-0.2, -0.15) is 0 Å². The molecule has 7 heteroatoms. The molecular weight excluding hydrogens is 351 g/mol. The van der Waals surface area contributed by atoms with Gasteiger partial charge in [-0.1, -0.05) is 6.07 Å². The summed E-state index contributed by atoms with van der Waals surface area (Å²) < 4.78 is 25.3. The van der Waals surface area contributed by atoms with Crippen LogP contribution >= 0.6 is 0 Å². The monoisotopic (exact) mass is 380 g/mol. The number of nitrogens with one attached hydrogen (secondary N) is 1. The Balaban J connectivity index is 1.65. The summed E-state index contributed by atoms with van der Waals surface area (Å²) >= 11 is 0. The molecule has 150 valence electrons. The Bertz CT molecular complexity index is 691. The molecular formula is C20H29FN2O4. The third kappa shape index (κ3) is 4.10. The standard InChI is InChI=1S/C20H29FN2O4/c1-14(24)22-19(2)8-11-27-20(18(19)25)6-9-23(10-7-20)13-15-4-5-16(26-3)12-17(15)21/h4-5,12,18,25H,6-11,13H2,1-3H3,(H,22,24)/t18-,19+/m0/s1. The third-order valence-electron chi connectivity index (χ3n) is 5.93. The molecule has 0 radical (unpaired) electrons. The van der Waals surface area contributed by atoms with Gasteiger partial charge in [0.05, 0.1) is 18.2 Å². The summed E-state index contributed by atoms with van der Waals surface area (Å²) in [5, 5.41) is 13.9. The van der Waals surface area contributed by atoms with E-state index in [1.165, 1.54) is 20.1 Å². The lowest BCUT2D eigenvalue weighted by molar-refractivity contribution is -0.208. The number of piperidine rings is 1. The zero-order valence-electron chi connectivity index (χ0n) is 16.3. The fourth-order valence-corrected chi connectivity index (χ4v) is 4.33. The molecule has 1 spiro atoms. The van der Waals surface area contributed by atoms with Crippen molar-refractivity contribution in [2.45, 2.75) is 56.9 Å². The number of amides is 1. The summed E-state index contributed by atoms with van der Waals surface area (Å²) in [7, 11) is 1.52. The fourth-order valence-electron chi connectivity index (χ4n) is 4.33. The van der Waals surface area contributed by atoms with Crippen molar-refractivity contribution in [2.24, 2.45) is 0 Å². The quantitative estimate of drug-likeness (QED) is 0.834. The SMILES string of the molecule is COc1ccc(CN2CCC3(CC2)OCC[C@@](C)(NC(C)=O)[C@@H]3O)c(F)c1. The minimum atomic E-state index is -0.775. The van der Waals surface area contributed by atoms with Crippen molar-refractivity contribution in [3.05, 3.63) is 29.6 Å². The van der Waals surface area contributed by atoms with E-state index in [1.807, 2.05) is 6.92 Å². The van der Waals surface area contributed by atoms with Crippen molar-refractivity contribution in [1.82, 2.24) is 10.2 Å². The van der Waals surface area contributed by atoms with Crippen molar-refractivity contribution in [3.8, 4) is 5.75 Å². The van der Waals surface area contributed by atoms with Crippen molar-refractivity contribution < 1.29 is 23.8 Å². The van der Waals surface area contributed by atoms with Gasteiger partial charge in [0.1, 0.15) is 17.7 Å². The highest BCUT2D eigenvalue weighted by atomic mass is 19.1. The van der Waals surface area contributed by atoms with E-state index in [1.54, 1.807) is 12.1 Å². The minimum absolute atomic E-state index is 0.152. The first-order valence-electron chi connectivity index (χ1n) is 9.43. The maximum atomic E-state index is 14.2. The fraction of sp³-hybridized carbons (Fsp3) is 0.650. The van der Waals surface area contributed by atoms with Gasteiger partial charge in [-0.05, 0) is 32.3 Å². The summed E-state index contributed by atoms with van der Waals surface area (Å²) in [6.45, 7) is 5.73. The molecule has 2 heterocycles. The summed E-state index contributed by atoms with van der Waals surface area (Å²) in [6, 6.07) is 4.91. The molecule has 1 aromatic carbocycles. The van der Waals surface area contributed by atoms with E-state index in [0.29, 0.717) is 56.8 Å². The van der Waals surface area contributed by atoms with E-state index in [0.717, 1.165) is 0 Å². The molecule has 2 saturated heterocycles. The number of carbonyl (C=O) groups is 1. The highest BCUT2D eigenvalue weighted by Gasteiger charge is 2.53. The smallest absolute Gasteiger partial charge is 0.217 e. The Labute approximate surface area is 159 Å². The number of halogens is 1. The number of rotatable bonds is 4. The van der Waals surface area contributed by atoms with E-state index in [9.17, 15) is 14.3 Å². The van der Waals surface area contributed by atoms with E-state index >= 15 is 0 Å². The Hall–Kier alpha value is -1.70. The highest BCUT2D eigenvalue weighted by molar-refractivity contribution is 5.74. The second-order valence-electron chi connectivity index (χ2n) is 7.90. The summed E-state index contributed by atoms with van der Waals surface area (Å²) in [4.78, 5) is 13.7. The Morgan fingerprint density at radius 2 is 2.11 bits per heavy atom. The van der Waals surface area contributed by atoms with Crippen LogP contribution in [0, 0.1) is 5.82 Å². The zero-order chi connectivity index (χ0) is 19.7. The number of likely N-dealkylation sites (tertiary alicyclic amines) is 1. The molecule has 0 unspecified atom stereocenters. The highest BCUT2D eigenvalue weighted by Crippen LogP contribution is 2.40. The van der Waals surface area contributed by atoms with Gasteiger partial charge in [0, 0.05) is 44.8 Å². The molecule has 0 saturated carbocycles. The number of aliphatic hydroxyl groups excluding tert-OH is 1. The maximum absolute atomic E-state index is 14.2. The van der Waals surface area contributed by atoms with Crippen molar-refractivity contribution in [2.75, 3.05) is 26.8 Å². The first-order chi connectivity index (χ1) is 12.8. The largest absolute Gasteiger partial charge is 0.497 e. The summed E-state index contributed by atoms with van der Waals surface area (Å²) in [6.07, 6.45) is 1.08. The average molecular weight is 380 g/mol. The summed E-state index contributed by atoms with van der Waals surface area (Å²) in [5.41, 5.74) is -0.724. The lowest BCUT2D eigenvalue weighted by Gasteiger charge is -2.53. The number of ether oxygens (including phenoxy) is 2. The number of hydrogen-bond acceptors (Lipinski definition) is 5. The normalized spacial score (nSPS) is 28.1. The van der Waals surface area contributed by atoms with Crippen LogP contribution in [-0.2, 0) is 16.1 Å². The predicted octanol–water partition coefficient (Wildman–Crippen LogP) is 1.84. The molecule has 2 aliphatic rings. The lowest BCUT2D eigenvalue weighted by atomic mass is 9.73. The van der Waals surface area contributed by atoms with Crippen LogP contribution in [0.3, 0.4) is 0 Å². The summed E-state index contributed by atoms with van der Waals surface area (Å²) in [5.74, 6) is 0.0765. The van der Waals surface area contributed by atoms with Gasteiger partial charge in [0.25, 0.3) is 0 Å². The van der Waals surface area contributed by atoms with Crippen LogP contribution in [0.1, 0.15) is 38.7 Å². The number of benzene rings is 1. The molecule has 1 amide bonds. The van der Waals surface area contributed by atoms with E-state index in [2.05, 4.69) is 10.2 Å². The molecule has 2 fully saturated rings. The number of nitrogens with zero attached hydrogens (tertiary/aromatic N) is 1. The number of methoxy groups -OCH3 is 1.